The maximum atomic E-state index is 10.5. The first kappa shape index (κ1) is 16.3. The van der Waals surface area contributed by atoms with Gasteiger partial charge in [-0.2, -0.15) is 0 Å². The zero-order chi connectivity index (χ0) is 15.1. The van der Waals surface area contributed by atoms with Gasteiger partial charge < -0.3 is 14.6 Å². The molecule has 0 fully saturated rings. The maximum absolute atomic E-state index is 10.5. The van der Waals surface area contributed by atoms with E-state index < -0.39 is 5.97 Å². The Morgan fingerprint density at radius 3 is 2.50 bits per heavy atom. The second kappa shape index (κ2) is 7.75. The first-order valence-electron chi connectivity index (χ1n) is 6.63. The van der Waals surface area contributed by atoms with Crippen molar-refractivity contribution in [3.05, 3.63) is 23.8 Å². The second-order valence-electron chi connectivity index (χ2n) is 4.77. The summed E-state index contributed by atoms with van der Waals surface area (Å²) in [6.45, 7) is 2.82. The number of rotatable bonds is 8. The molecule has 0 aliphatic heterocycles. The quantitative estimate of drug-likeness (QED) is 0.793. The van der Waals surface area contributed by atoms with Crippen LogP contribution in [-0.2, 0) is 4.79 Å². The Morgan fingerprint density at radius 2 is 1.95 bits per heavy atom. The summed E-state index contributed by atoms with van der Waals surface area (Å²) in [6, 6.07) is 6.02. The zero-order valence-electron chi connectivity index (χ0n) is 12.5. The Hall–Kier alpha value is -1.75. The summed E-state index contributed by atoms with van der Waals surface area (Å²) in [5.41, 5.74) is 1.11. The molecule has 0 saturated carbocycles. The third-order valence-corrected chi connectivity index (χ3v) is 3.45. The van der Waals surface area contributed by atoms with Crippen LogP contribution < -0.4 is 9.47 Å². The van der Waals surface area contributed by atoms with E-state index >= 15 is 0 Å². The van der Waals surface area contributed by atoms with Crippen molar-refractivity contribution in [2.24, 2.45) is 0 Å². The Kier molecular flexibility index (Phi) is 6.31. The highest BCUT2D eigenvalue weighted by molar-refractivity contribution is 5.66. The van der Waals surface area contributed by atoms with Crippen LogP contribution in [0.4, 0.5) is 0 Å². The molecule has 5 nitrogen and oxygen atoms in total. The van der Waals surface area contributed by atoms with Crippen LogP contribution in [0.25, 0.3) is 0 Å². The maximum Gasteiger partial charge on any atom is 0.303 e. The van der Waals surface area contributed by atoms with Crippen molar-refractivity contribution in [2.45, 2.75) is 25.8 Å². The third kappa shape index (κ3) is 4.42. The average Bonchev–Trinajstić information content (AvgIpc) is 2.45. The predicted octanol–water partition coefficient (Wildman–Crippen LogP) is 2.56. The molecule has 0 heterocycles. The number of methoxy groups -OCH3 is 2. The molecular weight excluding hydrogens is 258 g/mol. The normalized spacial score (nSPS) is 12.2. The standard InChI is InChI=1S/C15H23NO4/c1-11(16(2)9-5-6-15(17)18)12-7-8-13(19-3)14(10-12)20-4/h7-8,10-11H,5-6,9H2,1-4H3,(H,17,18). The summed E-state index contributed by atoms with van der Waals surface area (Å²) in [5.74, 6) is 0.657. The molecule has 112 valence electrons. The molecular formula is C15H23NO4. The van der Waals surface area contributed by atoms with Crippen LogP contribution in [0.1, 0.15) is 31.4 Å². The molecule has 0 aromatic heterocycles. The lowest BCUT2D eigenvalue weighted by Gasteiger charge is -2.25. The molecule has 1 atom stereocenters. The summed E-state index contributed by atoms with van der Waals surface area (Å²) >= 11 is 0. The van der Waals surface area contributed by atoms with Gasteiger partial charge in [-0.15, -0.1) is 0 Å². The average molecular weight is 281 g/mol. The molecule has 0 aliphatic rings. The van der Waals surface area contributed by atoms with Crippen molar-refractivity contribution < 1.29 is 19.4 Å². The number of benzene rings is 1. The van der Waals surface area contributed by atoms with Gasteiger partial charge >= 0.3 is 5.97 Å². The molecule has 1 aromatic rings. The van der Waals surface area contributed by atoms with E-state index in [1.54, 1.807) is 14.2 Å². The van der Waals surface area contributed by atoms with Gasteiger partial charge in [0.2, 0.25) is 0 Å². The largest absolute Gasteiger partial charge is 0.493 e. The minimum absolute atomic E-state index is 0.184. The van der Waals surface area contributed by atoms with Crippen molar-refractivity contribution in [1.29, 1.82) is 0 Å². The number of hydrogen-bond donors (Lipinski definition) is 1. The Labute approximate surface area is 120 Å². The fraction of sp³-hybridized carbons (Fsp3) is 0.533. The van der Waals surface area contributed by atoms with E-state index in [1.165, 1.54) is 0 Å². The van der Waals surface area contributed by atoms with Gasteiger partial charge in [0.25, 0.3) is 0 Å². The Balaban J connectivity index is 2.70. The fourth-order valence-electron chi connectivity index (χ4n) is 2.04. The molecule has 0 radical (unpaired) electrons. The van der Waals surface area contributed by atoms with E-state index in [0.29, 0.717) is 17.9 Å². The van der Waals surface area contributed by atoms with Gasteiger partial charge in [-0.3, -0.25) is 9.69 Å². The highest BCUT2D eigenvalue weighted by Crippen LogP contribution is 2.31. The molecule has 1 aromatic carbocycles. The summed E-state index contributed by atoms with van der Waals surface area (Å²) in [7, 11) is 5.21. The third-order valence-electron chi connectivity index (χ3n) is 3.45. The number of ether oxygens (including phenoxy) is 2. The first-order valence-corrected chi connectivity index (χ1v) is 6.63. The Bertz CT molecular complexity index is 447. The molecule has 0 amide bonds. The molecule has 1 rings (SSSR count). The number of aliphatic carboxylic acids is 1. The molecule has 1 unspecified atom stereocenters. The van der Waals surface area contributed by atoms with Gasteiger partial charge in [0.05, 0.1) is 14.2 Å². The minimum atomic E-state index is -0.753. The summed E-state index contributed by atoms with van der Waals surface area (Å²) in [5, 5.41) is 8.66. The number of hydrogen-bond acceptors (Lipinski definition) is 4. The number of carboxylic acids is 1. The van der Waals surface area contributed by atoms with E-state index in [1.807, 2.05) is 25.2 Å². The number of carbonyl (C=O) groups is 1. The Morgan fingerprint density at radius 1 is 1.30 bits per heavy atom. The van der Waals surface area contributed by atoms with Crippen LogP contribution in [0, 0.1) is 0 Å². The molecule has 0 bridgehead atoms. The van der Waals surface area contributed by atoms with Crippen LogP contribution in [-0.4, -0.2) is 43.8 Å². The predicted molar refractivity (Wildman–Crippen MR) is 77.5 cm³/mol. The van der Waals surface area contributed by atoms with E-state index in [9.17, 15) is 4.79 Å². The molecule has 5 heteroatoms. The van der Waals surface area contributed by atoms with Crippen LogP contribution in [0.5, 0.6) is 11.5 Å². The van der Waals surface area contributed by atoms with Crippen LogP contribution in [0.15, 0.2) is 18.2 Å². The van der Waals surface area contributed by atoms with Crippen molar-refractivity contribution in [2.75, 3.05) is 27.8 Å². The van der Waals surface area contributed by atoms with E-state index in [4.69, 9.17) is 14.6 Å². The summed E-state index contributed by atoms with van der Waals surface area (Å²) < 4.78 is 10.5. The van der Waals surface area contributed by atoms with Gasteiger partial charge in [0, 0.05) is 12.5 Å². The molecule has 0 saturated heterocycles. The lowest BCUT2D eigenvalue weighted by molar-refractivity contribution is -0.137. The minimum Gasteiger partial charge on any atom is -0.493 e. The van der Waals surface area contributed by atoms with Crippen LogP contribution in [0.3, 0.4) is 0 Å². The monoisotopic (exact) mass is 281 g/mol. The molecule has 20 heavy (non-hydrogen) atoms. The topological polar surface area (TPSA) is 59.0 Å². The van der Waals surface area contributed by atoms with Crippen molar-refractivity contribution in [3.63, 3.8) is 0 Å². The summed E-state index contributed by atoms with van der Waals surface area (Å²) in [4.78, 5) is 12.7. The van der Waals surface area contributed by atoms with Gasteiger partial charge in [-0.25, -0.2) is 0 Å². The van der Waals surface area contributed by atoms with E-state index in [0.717, 1.165) is 12.1 Å². The smallest absolute Gasteiger partial charge is 0.303 e. The van der Waals surface area contributed by atoms with Gasteiger partial charge in [-0.05, 0) is 44.6 Å². The molecule has 1 N–H and O–H groups in total. The van der Waals surface area contributed by atoms with Crippen molar-refractivity contribution >= 4 is 5.97 Å². The van der Waals surface area contributed by atoms with E-state index in [-0.39, 0.29) is 12.5 Å². The van der Waals surface area contributed by atoms with Crippen molar-refractivity contribution in [3.8, 4) is 11.5 Å². The second-order valence-corrected chi connectivity index (χ2v) is 4.77. The van der Waals surface area contributed by atoms with Crippen LogP contribution >= 0.6 is 0 Å². The number of carboxylic acid groups (broad SMARTS) is 1. The van der Waals surface area contributed by atoms with Crippen molar-refractivity contribution in [1.82, 2.24) is 4.90 Å². The zero-order valence-corrected chi connectivity index (χ0v) is 12.5. The first-order chi connectivity index (χ1) is 9.49. The highest BCUT2D eigenvalue weighted by Gasteiger charge is 2.14. The molecule has 0 aliphatic carbocycles. The number of nitrogens with zero attached hydrogens (tertiary/aromatic N) is 1. The van der Waals surface area contributed by atoms with Crippen LogP contribution in [0.2, 0.25) is 0 Å². The molecule has 0 spiro atoms. The highest BCUT2D eigenvalue weighted by atomic mass is 16.5. The fourth-order valence-corrected chi connectivity index (χ4v) is 2.04. The van der Waals surface area contributed by atoms with Gasteiger partial charge in [0.1, 0.15) is 0 Å². The van der Waals surface area contributed by atoms with E-state index in [2.05, 4.69) is 11.8 Å². The summed E-state index contributed by atoms with van der Waals surface area (Å²) in [6.07, 6.45) is 0.840. The lowest BCUT2D eigenvalue weighted by Crippen LogP contribution is -2.24. The lowest BCUT2D eigenvalue weighted by atomic mass is 10.1. The SMILES string of the molecule is COc1ccc(C(C)N(C)CCCC(=O)O)cc1OC. The van der Waals surface area contributed by atoms with Gasteiger partial charge in [-0.1, -0.05) is 6.07 Å². The van der Waals surface area contributed by atoms with Gasteiger partial charge in [0.15, 0.2) is 11.5 Å².